The van der Waals surface area contributed by atoms with E-state index in [1.165, 1.54) is 32.1 Å². The maximum absolute atomic E-state index is 12.9. The predicted molar refractivity (Wildman–Crippen MR) is 107 cm³/mol. The van der Waals surface area contributed by atoms with Crippen molar-refractivity contribution in [3.8, 4) is 0 Å². The number of rotatable bonds is 4. The number of benzene rings is 1. The molecule has 4 N–H and O–H groups in total. The summed E-state index contributed by atoms with van der Waals surface area (Å²) in [4.78, 5) is 18.1. The first-order valence-corrected chi connectivity index (χ1v) is 10.1. The highest BCUT2D eigenvalue weighted by atomic mass is 35.5. The Labute approximate surface area is 159 Å². The van der Waals surface area contributed by atoms with Gasteiger partial charge in [0.2, 0.25) is 0 Å². The Hall–Kier alpha value is -1.72. The van der Waals surface area contributed by atoms with Gasteiger partial charge in [-0.15, -0.1) is 0 Å². The minimum absolute atomic E-state index is 0.0527. The normalized spacial score (nSPS) is 21.5. The molecule has 1 unspecified atom stereocenters. The van der Waals surface area contributed by atoms with E-state index < -0.39 is 0 Å². The molecule has 1 aliphatic heterocycles. The number of aromatic amines is 1. The minimum Gasteiger partial charge on any atom is -0.381 e. The molecule has 4 rings (SSSR count). The summed E-state index contributed by atoms with van der Waals surface area (Å²) in [7, 11) is 0. The third-order valence-electron chi connectivity index (χ3n) is 5.79. The molecule has 2 aromatic rings. The van der Waals surface area contributed by atoms with Gasteiger partial charge >= 0.3 is 0 Å². The molecular formula is C20H27ClN4O. The number of fused-ring (bicyclic) bond motifs is 1. The molecule has 2 heterocycles. The van der Waals surface area contributed by atoms with E-state index in [0.29, 0.717) is 29.2 Å². The van der Waals surface area contributed by atoms with Gasteiger partial charge in [-0.3, -0.25) is 4.79 Å². The third-order valence-corrected chi connectivity index (χ3v) is 6.01. The monoisotopic (exact) mass is 374 g/mol. The second-order valence-corrected chi connectivity index (χ2v) is 8.16. The van der Waals surface area contributed by atoms with Crippen molar-refractivity contribution in [1.29, 1.82) is 0 Å². The van der Waals surface area contributed by atoms with Crippen LogP contribution in [0.4, 0.5) is 5.69 Å². The van der Waals surface area contributed by atoms with Crippen molar-refractivity contribution in [2.24, 2.45) is 11.7 Å². The Bertz CT molecular complexity index is 796. The number of hydrogen-bond acceptors (Lipinski definition) is 3. The second kappa shape index (κ2) is 7.49. The van der Waals surface area contributed by atoms with Crippen molar-refractivity contribution in [1.82, 2.24) is 9.88 Å². The highest BCUT2D eigenvalue weighted by Gasteiger charge is 2.27. The van der Waals surface area contributed by atoms with Crippen molar-refractivity contribution in [2.45, 2.75) is 44.6 Å². The van der Waals surface area contributed by atoms with Crippen LogP contribution in [-0.4, -0.2) is 41.5 Å². The molecule has 1 aromatic heterocycles. The van der Waals surface area contributed by atoms with E-state index >= 15 is 0 Å². The van der Waals surface area contributed by atoms with E-state index in [-0.39, 0.29) is 5.91 Å². The largest absolute Gasteiger partial charge is 0.381 e. The van der Waals surface area contributed by atoms with Gasteiger partial charge in [0.25, 0.3) is 5.91 Å². The van der Waals surface area contributed by atoms with Crippen molar-refractivity contribution < 1.29 is 4.79 Å². The van der Waals surface area contributed by atoms with Gasteiger partial charge in [-0.05, 0) is 49.9 Å². The number of halogens is 1. The highest BCUT2D eigenvalue weighted by molar-refractivity contribution is 6.32. The number of carbonyl (C=O) groups excluding carboxylic acids is 1. The summed E-state index contributed by atoms with van der Waals surface area (Å²) in [5, 5.41) is 5.32. The molecule has 2 fully saturated rings. The van der Waals surface area contributed by atoms with E-state index in [1.807, 2.05) is 23.1 Å². The number of nitrogens with one attached hydrogen (secondary N) is 2. The lowest BCUT2D eigenvalue weighted by Crippen LogP contribution is -2.30. The van der Waals surface area contributed by atoms with Gasteiger partial charge in [0, 0.05) is 29.5 Å². The molecule has 26 heavy (non-hydrogen) atoms. The van der Waals surface area contributed by atoms with Crippen molar-refractivity contribution in [2.75, 3.05) is 25.0 Å². The van der Waals surface area contributed by atoms with E-state index in [1.54, 1.807) is 0 Å². The van der Waals surface area contributed by atoms with Crippen LogP contribution in [0.2, 0.25) is 5.02 Å². The van der Waals surface area contributed by atoms with Crippen LogP contribution in [0.1, 0.15) is 49.0 Å². The lowest BCUT2D eigenvalue weighted by atomic mass is 9.95. The molecule has 1 amide bonds. The first-order chi connectivity index (χ1) is 12.6. The first kappa shape index (κ1) is 17.7. The van der Waals surface area contributed by atoms with E-state index in [0.717, 1.165) is 36.1 Å². The minimum atomic E-state index is 0.0527. The van der Waals surface area contributed by atoms with Gasteiger partial charge in [-0.25, -0.2) is 0 Å². The molecule has 0 spiro atoms. The highest BCUT2D eigenvalue weighted by Crippen LogP contribution is 2.31. The number of aromatic nitrogens is 1. The number of hydrogen-bond donors (Lipinski definition) is 3. The summed E-state index contributed by atoms with van der Waals surface area (Å²) in [6.07, 6.45) is 7.23. The molecule has 1 saturated heterocycles. The Balaban J connectivity index is 1.59. The van der Waals surface area contributed by atoms with E-state index in [9.17, 15) is 4.79 Å². The van der Waals surface area contributed by atoms with Gasteiger partial charge < -0.3 is 20.9 Å². The fourth-order valence-corrected chi connectivity index (χ4v) is 4.51. The maximum atomic E-state index is 12.9. The Morgan fingerprint density at radius 1 is 1.23 bits per heavy atom. The maximum Gasteiger partial charge on any atom is 0.270 e. The van der Waals surface area contributed by atoms with Gasteiger partial charge in [-0.2, -0.15) is 0 Å². The first-order valence-electron chi connectivity index (χ1n) is 9.72. The number of likely N-dealkylation sites (tertiary alicyclic amines) is 1. The Kier molecular flexibility index (Phi) is 5.09. The molecule has 1 aliphatic carbocycles. The molecule has 6 heteroatoms. The fraction of sp³-hybridized carbons (Fsp3) is 0.550. The van der Waals surface area contributed by atoms with Crippen LogP contribution in [0, 0.1) is 5.92 Å². The zero-order valence-corrected chi connectivity index (χ0v) is 15.8. The van der Waals surface area contributed by atoms with Crippen LogP contribution in [0.5, 0.6) is 0 Å². The summed E-state index contributed by atoms with van der Waals surface area (Å²) in [6, 6.07) is 6.29. The molecule has 2 aliphatic rings. The average Bonchev–Trinajstić information content (AvgIpc) is 3.29. The van der Waals surface area contributed by atoms with Crippen LogP contribution in [0.15, 0.2) is 18.2 Å². The number of nitrogens with zero attached hydrogens (tertiary/aromatic N) is 1. The van der Waals surface area contributed by atoms with E-state index in [2.05, 4.69) is 10.3 Å². The van der Waals surface area contributed by atoms with Crippen molar-refractivity contribution >= 4 is 34.1 Å². The smallest absolute Gasteiger partial charge is 0.270 e. The van der Waals surface area contributed by atoms with Gasteiger partial charge in [0.15, 0.2) is 0 Å². The number of H-pyrrole nitrogens is 1. The molecule has 140 valence electrons. The van der Waals surface area contributed by atoms with Gasteiger partial charge in [0.05, 0.1) is 11.2 Å². The van der Waals surface area contributed by atoms with Crippen LogP contribution in [0.25, 0.3) is 10.9 Å². The Morgan fingerprint density at radius 2 is 2.04 bits per heavy atom. The second-order valence-electron chi connectivity index (χ2n) is 7.72. The SMILES string of the molecule is NCC1CCN(C(=O)c2cc3cc(Cl)cc(NC4CCCCC4)c3[nH]2)C1. The lowest BCUT2D eigenvalue weighted by Gasteiger charge is -2.24. The third kappa shape index (κ3) is 3.55. The lowest BCUT2D eigenvalue weighted by molar-refractivity contribution is 0.0783. The number of nitrogens with two attached hydrogens (primary N) is 1. The molecule has 1 atom stereocenters. The van der Waals surface area contributed by atoms with Crippen molar-refractivity contribution in [3.05, 3.63) is 28.9 Å². The molecule has 1 saturated carbocycles. The molecule has 1 aromatic carbocycles. The zero-order valence-electron chi connectivity index (χ0n) is 15.1. The van der Waals surface area contributed by atoms with Gasteiger partial charge in [0.1, 0.15) is 5.69 Å². The van der Waals surface area contributed by atoms with Crippen LogP contribution in [0.3, 0.4) is 0 Å². The van der Waals surface area contributed by atoms with Gasteiger partial charge in [-0.1, -0.05) is 30.9 Å². The number of amides is 1. The van der Waals surface area contributed by atoms with Crippen LogP contribution >= 0.6 is 11.6 Å². The zero-order chi connectivity index (χ0) is 18.1. The quantitative estimate of drug-likeness (QED) is 0.757. The molecule has 5 nitrogen and oxygen atoms in total. The summed E-state index contributed by atoms with van der Waals surface area (Å²) in [5.74, 6) is 0.471. The molecule has 0 radical (unpaired) electrons. The summed E-state index contributed by atoms with van der Waals surface area (Å²) in [6.45, 7) is 2.17. The number of anilines is 1. The summed E-state index contributed by atoms with van der Waals surface area (Å²) in [5.41, 5.74) is 8.35. The molecular weight excluding hydrogens is 348 g/mol. The van der Waals surface area contributed by atoms with Crippen LogP contribution in [-0.2, 0) is 0 Å². The fourth-order valence-electron chi connectivity index (χ4n) is 4.28. The summed E-state index contributed by atoms with van der Waals surface area (Å²) < 4.78 is 0. The Morgan fingerprint density at radius 3 is 2.77 bits per heavy atom. The average molecular weight is 375 g/mol. The summed E-state index contributed by atoms with van der Waals surface area (Å²) >= 11 is 6.33. The van der Waals surface area contributed by atoms with E-state index in [4.69, 9.17) is 17.3 Å². The van der Waals surface area contributed by atoms with Crippen molar-refractivity contribution in [3.63, 3.8) is 0 Å². The van der Waals surface area contributed by atoms with Crippen LogP contribution < -0.4 is 11.1 Å². The topological polar surface area (TPSA) is 74.2 Å². The number of carbonyl (C=O) groups is 1. The molecule has 0 bridgehead atoms. The predicted octanol–water partition coefficient (Wildman–Crippen LogP) is 3.99. The standard InChI is InChI=1S/C20H27ClN4O/c21-15-8-14-9-18(20(26)25-7-6-13(11-22)12-25)24-19(14)17(10-15)23-16-4-2-1-3-5-16/h8-10,13,16,23-24H,1-7,11-12,22H2.